The number of hydrogen-bond donors (Lipinski definition) is 5. The summed E-state index contributed by atoms with van der Waals surface area (Å²) < 4.78 is 0. The minimum Gasteiger partial charge on any atom is -0.480 e. The first-order valence-corrected chi connectivity index (χ1v) is 24.4. The summed E-state index contributed by atoms with van der Waals surface area (Å²) >= 11 is 3.78. The molecule has 6 heterocycles. The Morgan fingerprint density at radius 3 is 1.47 bits per heavy atom. The fourth-order valence-electron chi connectivity index (χ4n) is 10.2. The van der Waals surface area contributed by atoms with Crippen LogP contribution in [0.4, 0.5) is 0 Å². The third kappa shape index (κ3) is 7.84. The highest BCUT2D eigenvalue weighted by Crippen LogP contribution is 2.39. The van der Waals surface area contributed by atoms with Crippen LogP contribution in [0.25, 0.3) is 33.2 Å². The molecule has 6 aromatic rings. The van der Waals surface area contributed by atoms with Gasteiger partial charge in [0.05, 0.1) is 44.4 Å². The van der Waals surface area contributed by atoms with Gasteiger partial charge in [-0.1, -0.05) is 60.7 Å². The molecule has 328 valence electrons. The molecule has 0 saturated carbocycles. The summed E-state index contributed by atoms with van der Waals surface area (Å²) in [7, 11) is 0. The number of hydrogen-bond acceptors (Lipinski definition) is 9. The van der Waals surface area contributed by atoms with Gasteiger partial charge in [-0.15, -0.1) is 23.5 Å². The van der Waals surface area contributed by atoms with Crippen LogP contribution in [0, 0.1) is 0 Å². The number of para-hydroxylation sites is 2. The summed E-state index contributed by atoms with van der Waals surface area (Å²) in [6.07, 6.45) is 5.68. The minimum atomic E-state index is -1.22. The van der Waals surface area contributed by atoms with Gasteiger partial charge in [0, 0.05) is 51.4 Å². The zero-order valence-electron chi connectivity index (χ0n) is 35.5. The van der Waals surface area contributed by atoms with Crippen molar-refractivity contribution >= 4 is 74.9 Å². The maximum Gasteiger partial charge on any atom is 0.326 e. The van der Waals surface area contributed by atoms with Crippen molar-refractivity contribution in [1.82, 2.24) is 30.4 Å². The fourth-order valence-corrected chi connectivity index (χ4v) is 12.8. The highest BCUT2D eigenvalue weighted by atomic mass is 32.2. The molecule has 4 amide bonds. The number of fused-ring (bicyclic) bond motifs is 4. The Kier molecular flexibility index (Phi) is 11.7. The molecule has 0 spiro atoms. The Morgan fingerprint density at radius 2 is 1.02 bits per heavy atom. The highest BCUT2D eigenvalue weighted by molar-refractivity contribution is 8.00. The van der Waals surface area contributed by atoms with Gasteiger partial charge in [-0.3, -0.25) is 29.0 Å². The van der Waals surface area contributed by atoms with Crippen LogP contribution in [0.2, 0.25) is 0 Å². The van der Waals surface area contributed by atoms with Crippen molar-refractivity contribution in [3.63, 3.8) is 0 Å². The van der Waals surface area contributed by atoms with Crippen LogP contribution in [-0.4, -0.2) is 101 Å². The predicted molar refractivity (Wildman–Crippen MR) is 252 cm³/mol. The summed E-state index contributed by atoms with van der Waals surface area (Å²) in [5.74, 6) is -0.772. The van der Waals surface area contributed by atoms with E-state index in [1.54, 1.807) is 48.5 Å². The molecule has 4 aromatic carbocycles. The normalized spacial score (nSPS) is 21.7. The third-order valence-corrected chi connectivity index (χ3v) is 16.1. The molecule has 14 heteroatoms. The van der Waals surface area contributed by atoms with Crippen LogP contribution in [0.1, 0.15) is 98.0 Å². The Hall–Kier alpha value is -5.67. The summed E-state index contributed by atoms with van der Waals surface area (Å²) in [6, 6.07) is 29.6. The number of nitrogens with one attached hydrogen (secondary N) is 4. The summed E-state index contributed by atoms with van der Waals surface area (Å²) in [5, 5.41) is 20.6. The number of nitrogens with zero attached hydrogens (tertiary/aromatic N) is 2. The van der Waals surface area contributed by atoms with Crippen LogP contribution >= 0.6 is 23.5 Å². The second-order valence-corrected chi connectivity index (χ2v) is 19.9. The van der Waals surface area contributed by atoms with Crippen molar-refractivity contribution in [2.45, 2.75) is 93.2 Å². The van der Waals surface area contributed by atoms with E-state index >= 15 is 0 Å². The summed E-state index contributed by atoms with van der Waals surface area (Å²) in [6.45, 7) is 1.97. The topological polar surface area (TPSA) is 168 Å². The monoisotopic (exact) mass is 894 g/mol. The lowest BCUT2D eigenvalue weighted by Gasteiger charge is -2.23. The van der Waals surface area contributed by atoms with Crippen molar-refractivity contribution in [2.24, 2.45) is 0 Å². The van der Waals surface area contributed by atoms with Gasteiger partial charge in [-0.2, -0.15) is 0 Å². The fraction of sp³-hybridized carbons (Fsp3) is 0.340. The second kappa shape index (κ2) is 17.7. The van der Waals surface area contributed by atoms with Gasteiger partial charge in [-0.05, 0) is 106 Å². The minimum absolute atomic E-state index is 0.114. The number of carboxylic acid groups (broad SMARTS) is 1. The van der Waals surface area contributed by atoms with Crippen LogP contribution in [0.3, 0.4) is 0 Å². The molecule has 0 radical (unpaired) electrons. The molecule has 0 bridgehead atoms. The van der Waals surface area contributed by atoms with Gasteiger partial charge >= 0.3 is 5.97 Å². The average Bonchev–Trinajstić information content (AvgIpc) is 4.17. The lowest BCUT2D eigenvalue weighted by Crippen LogP contribution is -2.45. The van der Waals surface area contributed by atoms with Crippen LogP contribution in [0.5, 0.6) is 0 Å². The van der Waals surface area contributed by atoms with E-state index in [2.05, 4.69) is 69.1 Å². The first-order chi connectivity index (χ1) is 31.1. The number of carbonyl (C=O) groups excluding carboxylic acids is 4. The first-order valence-electron chi connectivity index (χ1n) is 22.3. The molecule has 6 atom stereocenters. The maximum absolute atomic E-state index is 13.1. The molecular weight excluding hydrogens is 845 g/mol. The second-order valence-electron chi connectivity index (χ2n) is 17.4. The average molecular weight is 895 g/mol. The number of H-pyrrole nitrogens is 2. The van der Waals surface area contributed by atoms with E-state index in [1.165, 1.54) is 26.8 Å². The predicted octanol–water partition coefficient (Wildman–Crippen LogP) is 8.24. The molecule has 0 aliphatic carbocycles. The number of carboxylic acids is 1. The van der Waals surface area contributed by atoms with E-state index in [4.69, 9.17) is 0 Å². The van der Waals surface area contributed by atoms with Gasteiger partial charge in [0.2, 0.25) is 0 Å². The van der Waals surface area contributed by atoms with Crippen LogP contribution < -0.4 is 10.6 Å². The number of carbonyl (C=O) groups is 5. The van der Waals surface area contributed by atoms with Gasteiger partial charge in [0.15, 0.2) is 0 Å². The van der Waals surface area contributed by atoms with Crippen LogP contribution in [-0.2, 0) is 17.6 Å². The van der Waals surface area contributed by atoms with E-state index in [-0.39, 0.29) is 58.2 Å². The molecule has 10 rings (SSSR count). The summed E-state index contributed by atoms with van der Waals surface area (Å²) in [4.78, 5) is 74.7. The number of aromatic nitrogens is 2. The standard InChI is InChI=1S/C50H50N6O6S2/c1-28(55-46(57)33-15-2-3-16-34(33)47(55)58)12-10-22-42-51-29(26-63-42)24-37-31-13-6-8-19-39(31)53-44(37)45-38(32-14-7-9-20-40(32)54-45)25-30-27-64-43(52-30)23-11-21-41(50(61)62)56-48(59)35-17-4-5-18-36(35)49(56)60/h2-9,13-20,28-30,41-43,51-54H,10-12,21-27H2,1H3,(H,61,62)/t28-,29?,30-,41+,42-,43-/m1/s1. The molecule has 4 aliphatic rings. The van der Waals surface area contributed by atoms with E-state index in [0.717, 1.165) is 70.9 Å². The smallest absolute Gasteiger partial charge is 0.326 e. The van der Waals surface area contributed by atoms with Gasteiger partial charge < -0.3 is 25.7 Å². The van der Waals surface area contributed by atoms with Crippen molar-refractivity contribution in [3.05, 3.63) is 130 Å². The van der Waals surface area contributed by atoms with E-state index in [9.17, 15) is 29.1 Å². The molecule has 64 heavy (non-hydrogen) atoms. The Labute approximate surface area is 379 Å². The number of imide groups is 2. The Balaban J connectivity index is 0.795. The third-order valence-electron chi connectivity index (χ3n) is 13.3. The van der Waals surface area contributed by atoms with Gasteiger partial charge in [0.25, 0.3) is 23.6 Å². The molecule has 1 unspecified atom stereocenters. The SMILES string of the molecule is C[C@H](CCC[C@@H]1NC(Cc2c(-c3[nH]c4ccccc4c3C[C@@H]3CS[C@H](CCC[C@@H](C(=O)O)N4C(=O)c5ccccc5C4=O)N3)[nH]c3ccccc23)CS1)N1C(=O)c2ccccc2C1=O. The van der Waals surface area contributed by atoms with E-state index < -0.39 is 23.8 Å². The van der Waals surface area contributed by atoms with Crippen LogP contribution in [0.15, 0.2) is 97.1 Å². The summed E-state index contributed by atoms with van der Waals surface area (Å²) in [5.41, 5.74) is 8.41. The number of amides is 4. The first kappa shape index (κ1) is 42.3. The number of aliphatic carboxylic acids is 1. The number of rotatable bonds is 16. The molecule has 2 fully saturated rings. The van der Waals surface area contributed by atoms with E-state index in [0.29, 0.717) is 24.0 Å². The zero-order chi connectivity index (χ0) is 44.1. The molecule has 5 N–H and O–H groups in total. The lowest BCUT2D eigenvalue weighted by molar-refractivity contribution is -0.141. The number of aromatic amines is 2. The highest BCUT2D eigenvalue weighted by Gasteiger charge is 2.43. The largest absolute Gasteiger partial charge is 0.480 e. The lowest BCUT2D eigenvalue weighted by atomic mass is 9.97. The molecule has 4 aliphatic heterocycles. The molecule has 12 nitrogen and oxygen atoms in total. The van der Waals surface area contributed by atoms with Crippen molar-refractivity contribution < 1.29 is 29.1 Å². The quantitative estimate of drug-likeness (QED) is 0.0598. The number of thioether (sulfide) groups is 2. The van der Waals surface area contributed by atoms with Crippen molar-refractivity contribution in [3.8, 4) is 11.4 Å². The number of benzene rings is 4. The maximum atomic E-state index is 13.1. The van der Waals surface area contributed by atoms with E-state index in [1.807, 2.05) is 30.4 Å². The molecule has 2 saturated heterocycles. The van der Waals surface area contributed by atoms with Gasteiger partial charge in [-0.25, -0.2) is 4.79 Å². The van der Waals surface area contributed by atoms with Gasteiger partial charge in [0.1, 0.15) is 6.04 Å². The Morgan fingerprint density at radius 1 is 0.609 bits per heavy atom. The van der Waals surface area contributed by atoms with Crippen molar-refractivity contribution in [1.29, 1.82) is 0 Å². The zero-order valence-corrected chi connectivity index (χ0v) is 37.1. The molecular formula is C50H50N6O6S2. The van der Waals surface area contributed by atoms with Crippen molar-refractivity contribution in [2.75, 3.05) is 11.5 Å². The molecule has 2 aromatic heterocycles. The Bertz CT molecular complexity index is 2750.